The maximum Gasteiger partial charge on any atom is 0.294 e. The number of rotatable bonds is 8. The first-order chi connectivity index (χ1) is 15.8. The zero-order valence-corrected chi connectivity index (χ0v) is 19.0. The van der Waals surface area contributed by atoms with Crippen molar-refractivity contribution < 1.29 is 28.2 Å². The monoisotopic (exact) mass is 488 g/mol. The Labute approximate surface area is 198 Å². The van der Waals surface area contributed by atoms with E-state index in [1.54, 1.807) is 13.0 Å². The van der Waals surface area contributed by atoms with E-state index in [0.29, 0.717) is 11.3 Å². The molecule has 0 aliphatic carbocycles. The van der Waals surface area contributed by atoms with Crippen LogP contribution in [-0.2, 0) is 9.59 Å². The van der Waals surface area contributed by atoms with Crippen molar-refractivity contribution in [3.63, 3.8) is 0 Å². The van der Waals surface area contributed by atoms with Gasteiger partial charge >= 0.3 is 0 Å². The van der Waals surface area contributed by atoms with Crippen LogP contribution >= 0.6 is 23.4 Å². The molecule has 1 heterocycles. The van der Waals surface area contributed by atoms with E-state index in [9.17, 15) is 18.8 Å². The SMILES string of the molecule is C#CCN1C(=O)S/C(=C/c2cc(Cl)c(OCC(=O)Nc3ccc(F)cc3)c(OCC)c2)C1=O. The molecule has 3 rings (SSSR count). The molecule has 1 fully saturated rings. The molecule has 3 amide bonds. The smallest absolute Gasteiger partial charge is 0.294 e. The molecule has 0 aromatic heterocycles. The molecule has 33 heavy (non-hydrogen) atoms. The Hall–Kier alpha value is -3.48. The van der Waals surface area contributed by atoms with Gasteiger partial charge in [-0.05, 0) is 66.7 Å². The van der Waals surface area contributed by atoms with Gasteiger partial charge in [0.1, 0.15) is 5.82 Å². The van der Waals surface area contributed by atoms with Crippen LogP contribution in [0.15, 0.2) is 41.3 Å². The first-order valence-electron chi connectivity index (χ1n) is 9.65. The Balaban J connectivity index is 1.76. The van der Waals surface area contributed by atoms with Crippen molar-refractivity contribution in [2.45, 2.75) is 6.92 Å². The molecule has 0 unspecified atom stereocenters. The third-order valence-corrected chi connectivity index (χ3v) is 5.42. The molecule has 1 aliphatic rings. The number of imide groups is 1. The zero-order valence-electron chi connectivity index (χ0n) is 17.4. The minimum Gasteiger partial charge on any atom is -0.490 e. The highest BCUT2D eigenvalue weighted by atomic mass is 35.5. The van der Waals surface area contributed by atoms with Crippen LogP contribution in [0.3, 0.4) is 0 Å². The number of carbonyl (C=O) groups is 3. The zero-order chi connectivity index (χ0) is 24.0. The Kier molecular flexibility index (Phi) is 7.98. The van der Waals surface area contributed by atoms with E-state index < -0.39 is 22.9 Å². The van der Waals surface area contributed by atoms with Gasteiger partial charge in [0.15, 0.2) is 18.1 Å². The largest absolute Gasteiger partial charge is 0.490 e. The van der Waals surface area contributed by atoms with Crippen LogP contribution in [0.2, 0.25) is 5.02 Å². The number of hydrogen-bond donors (Lipinski definition) is 1. The molecule has 170 valence electrons. The van der Waals surface area contributed by atoms with Crippen LogP contribution in [0.4, 0.5) is 14.9 Å². The predicted octanol–water partition coefficient (Wildman–Crippen LogP) is 4.56. The van der Waals surface area contributed by atoms with Crippen LogP contribution in [0.5, 0.6) is 11.5 Å². The van der Waals surface area contributed by atoms with E-state index in [2.05, 4.69) is 11.2 Å². The summed E-state index contributed by atoms with van der Waals surface area (Å²) in [5, 5.41) is 2.27. The second-order valence-corrected chi connectivity index (χ2v) is 7.98. The van der Waals surface area contributed by atoms with Gasteiger partial charge in [-0.2, -0.15) is 0 Å². The van der Waals surface area contributed by atoms with E-state index in [1.807, 2.05) is 0 Å². The normalized spacial score (nSPS) is 14.4. The van der Waals surface area contributed by atoms with E-state index in [4.69, 9.17) is 27.5 Å². The van der Waals surface area contributed by atoms with E-state index in [0.717, 1.165) is 16.7 Å². The second kappa shape index (κ2) is 10.9. The molecular weight excluding hydrogens is 471 g/mol. The first kappa shape index (κ1) is 24.2. The molecule has 0 radical (unpaired) electrons. The van der Waals surface area contributed by atoms with Gasteiger partial charge in [-0.3, -0.25) is 19.3 Å². The highest BCUT2D eigenvalue weighted by Crippen LogP contribution is 2.39. The number of carbonyl (C=O) groups excluding carboxylic acids is 3. The summed E-state index contributed by atoms with van der Waals surface area (Å²) in [5.41, 5.74) is 0.910. The van der Waals surface area contributed by atoms with Crippen molar-refractivity contribution >= 4 is 52.2 Å². The number of amides is 3. The van der Waals surface area contributed by atoms with Crippen molar-refractivity contribution in [1.29, 1.82) is 0 Å². The number of hydrogen-bond acceptors (Lipinski definition) is 6. The fourth-order valence-corrected chi connectivity index (χ4v) is 3.93. The molecule has 10 heteroatoms. The van der Waals surface area contributed by atoms with Gasteiger partial charge in [0.05, 0.1) is 23.1 Å². The molecule has 0 bridgehead atoms. The summed E-state index contributed by atoms with van der Waals surface area (Å²) < 4.78 is 24.1. The maximum absolute atomic E-state index is 13.0. The molecule has 2 aromatic rings. The van der Waals surface area contributed by atoms with Crippen LogP contribution < -0.4 is 14.8 Å². The number of nitrogens with one attached hydrogen (secondary N) is 1. The van der Waals surface area contributed by atoms with Crippen molar-refractivity contribution in [2.75, 3.05) is 25.1 Å². The lowest BCUT2D eigenvalue weighted by Crippen LogP contribution is -2.28. The Morgan fingerprint density at radius 2 is 2.00 bits per heavy atom. The summed E-state index contributed by atoms with van der Waals surface area (Å²) in [6.45, 7) is 1.56. The summed E-state index contributed by atoms with van der Waals surface area (Å²) in [6, 6.07) is 8.39. The molecule has 7 nitrogen and oxygen atoms in total. The van der Waals surface area contributed by atoms with Gasteiger partial charge in [-0.1, -0.05) is 17.5 Å². The summed E-state index contributed by atoms with van der Waals surface area (Å²) in [6.07, 6.45) is 6.70. The Morgan fingerprint density at radius 1 is 1.27 bits per heavy atom. The van der Waals surface area contributed by atoms with Gasteiger partial charge in [0.25, 0.3) is 17.1 Å². The first-order valence-corrected chi connectivity index (χ1v) is 10.8. The molecule has 1 aliphatic heterocycles. The summed E-state index contributed by atoms with van der Waals surface area (Å²) in [4.78, 5) is 37.7. The van der Waals surface area contributed by atoms with Gasteiger partial charge in [-0.25, -0.2) is 4.39 Å². The fraction of sp³-hybridized carbons (Fsp3) is 0.174. The lowest BCUT2D eigenvalue weighted by atomic mass is 10.1. The quantitative estimate of drug-likeness (QED) is 0.433. The Morgan fingerprint density at radius 3 is 2.67 bits per heavy atom. The number of halogens is 2. The van der Waals surface area contributed by atoms with Gasteiger partial charge in [0, 0.05) is 5.69 Å². The van der Waals surface area contributed by atoms with E-state index >= 15 is 0 Å². The number of anilines is 1. The highest BCUT2D eigenvalue weighted by molar-refractivity contribution is 8.18. The predicted molar refractivity (Wildman–Crippen MR) is 125 cm³/mol. The molecule has 2 aromatic carbocycles. The summed E-state index contributed by atoms with van der Waals surface area (Å²) >= 11 is 7.13. The van der Waals surface area contributed by atoms with E-state index in [-0.39, 0.29) is 41.2 Å². The number of nitrogens with zero attached hydrogens (tertiary/aromatic N) is 1. The highest BCUT2D eigenvalue weighted by Gasteiger charge is 2.34. The van der Waals surface area contributed by atoms with Crippen molar-refractivity contribution in [1.82, 2.24) is 4.90 Å². The third-order valence-electron chi connectivity index (χ3n) is 4.23. The van der Waals surface area contributed by atoms with Gasteiger partial charge in [-0.15, -0.1) is 6.42 Å². The van der Waals surface area contributed by atoms with Crippen LogP contribution in [0.25, 0.3) is 6.08 Å². The van der Waals surface area contributed by atoms with Crippen LogP contribution in [-0.4, -0.2) is 41.7 Å². The molecule has 0 atom stereocenters. The molecular formula is C23H18ClFN2O5S. The van der Waals surface area contributed by atoms with Crippen LogP contribution in [0.1, 0.15) is 12.5 Å². The topological polar surface area (TPSA) is 84.9 Å². The molecule has 1 N–H and O–H groups in total. The molecule has 1 saturated heterocycles. The summed E-state index contributed by atoms with van der Waals surface area (Å²) in [7, 11) is 0. The molecule has 0 spiro atoms. The van der Waals surface area contributed by atoms with Crippen molar-refractivity contribution in [3.05, 3.63) is 57.7 Å². The van der Waals surface area contributed by atoms with Crippen molar-refractivity contribution in [3.8, 4) is 23.8 Å². The fourth-order valence-electron chi connectivity index (χ4n) is 2.82. The lowest BCUT2D eigenvalue weighted by molar-refractivity contribution is -0.122. The Bertz CT molecular complexity index is 1160. The second-order valence-electron chi connectivity index (χ2n) is 6.58. The van der Waals surface area contributed by atoms with Gasteiger partial charge in [0.2, 0.25) is 0 Å². The lowest BCUT2D eigenvalue weighted by Gasteiger charge is -2.14. The number of ether oxygens (including phenoxy) is 2. The summed E-state index contributed by atoms with van der Waals surface area (Å²) in [5.74, 6) is 1.29. The minimum atomic E-state index is -0.491. The van der Waals surface area contributed by atoms with E-state index in [1.165, 1.54) is 36.4 Å². The van der Waals surface area contributed by atoms with Crippen molar-refractivity contribution in [2.24, 2.45) is 0 Å². The third kappa shape index (κ3) is 6.06. The van der Waals surface area contributed by atoms with Crippen LogP contribution in [0, 0.1) is 18.2 Å². The average molecular weight is 489 g/mol. The number of thioether (sulfide) groups is 1. The van der Waals surface area contributed by atoms with Gasteiger partial charge < -0.3 is 14.8 Å². The average Bonchev–Trinajstić information content (AvgIpc) is 3.02. The minimum absolute atomic E-state index is 0.111. The number of terminal acetylenes is 1. The maximum atomic E-state index is 13.0. The molecule has 0 saturated carbocycles. The standard InChI is InChI=1S/C23H18ClFN2O5S/c1-3-9-27-22(29)19(33-23(27)30)12-14-10-17(24)21(18(11-14)31-4-2)32-13-20(28)26-16-7-5-15(25)6-8-16/h1,5-8,10-12H,4,9,13H2,2H3,(H,26,28)/b19-12+. The number of benzene rings is 2.